The Bertz CT molecular complexity index is 1250. The van der Waals surface area contributed by atoms with Crippen molar-refractivity contribution in [2.75, 3.05) is 5.32 Å². The molecule has 4 rings (SSSR count). The Balaban J connectivity index is 1.56. The van der Waals surface area contributed by atoms with Crippen LogP contribution in [0.15, 0.2) is 91.0 Å². The minimum atomic E-state index is -0.777. The predicted molar refractivity (Wildman–Crippen MR) is 124 cm³/mol. The third-order valence-electron chi connectivity index (χ3n) is 4.94. The highest BCUT2D eigenvalue weighted by atomic mass is 35.5. The van der Waals surface area contributed by atoms with Gasteiger partial charge in [-0.1, -0.05) is 78.3 Å². The average molecular weight is 430 g/mol. The van der Waals surface area contributed by atoms with E-state index in [2.05, 4.69) is 5.32 Å². The lowest BCUT2D eigenvalue weighted by atomic mass is 10.0. The van der Waals surface area contributed by atoms with E-state index < -0.39 is 6.10 Å². The van der Waals surface area contributed by atoms with Crippen molar-refractivity contribution in [1.82, 2.24) is 0 Å². The van der Waals surface area contributed by atoms with Gasteiger partial charge in [0.15, 0.2) is 11.9 Å². The normalized spacial score (nSPS) is 11.7. The van der Waals surface area contributed by atoms with Crippen molar-refractivity contribution in [1.29, 1.82) is 0 Å². The van der Waals surface area contributed by atoms with Gasteiger partial charge in [0.05, 0.1) is 5.69 Å². The van der Waals surface area contributed by atoms with Gasteiger partial charge < -0.3 is 10.1 Å². The molecule has 0 aliphatic rings. The van der Waals surface area contributed by atoms with Crippen molar-refractivity contribution in [3.63, 3.8) is 0 Å². The zero-order chi connectivity index (χ0) is 21.8. The Morgan fingerprint density at radius 1 is 0.871 bits per heavy atom. The van der Waals surface area contributed by atoms with Crippen molar-refractivity contribution in [3.8, 4) is 5.75 Å². The van der Waals surface area contributed by atoms with Crippen LogP contribution in [0, 0.1) is 0 Å². The van der Waals surface area contributed by atoms with Gasteiger partial charge in [-0.05, 0) is 36.6 Å². The minimum absolute atomic E-state index is 0.221. The number of carbonyl (C=O) groups excluding carboxylic acids is 2. The van der Waals surface area contributed by atoms with Crippen molar-refractivity contribution in [3.05, 3.63) is 107 Å². The summed E-state index contributed by atoms with van der Waals surface area (Å²) in [5, 5.41) is 5.18. The van der Waals surface area contributed by atoms with Crippen LogP contribution in [-0.2, 0) is 4.79 Å². The molecule has 0 spiro atoms. The molecule has 1 amide bonds. The molecule has 4 aromatic carbocycles. The summed E-state index contributed by atoms with van der Waals surface area (Å²) < 4.78 is 5.95. The number of rotatable bonds is 6. The maximum Gasteiger partial charge on any atom is 0.265 e. The van der Waals surface area contributed by atoms with Gasteiger partial charge in [0.25, 0.3) is 5.91 Å². The van der Waals surface area contributed by atoms with Gasteiger partial charge in [0, 0.05) is 21.5 Å². The molecule has 5 heteroatoms. The molecule has 0 saturated carbocycles. The lowest BCUT2D eigenvalue weighted by molar-refractivity contribution is -0.122. The highest BCUT2D eigenvalue weighted by Crippen LogP contribution is 2.27. The molecule has 31 heavy (non-hydrogen) atoms. The van der Waals surface area contributed by atoms with E-state index in [0.29, 0.717) is 27.6 Å². The van der Waals surface area contributed by atoms with Gasteiger partial charge in [-0.25, -0.2) is 0 Å². The molecule has 0 aromatic heterocycles. The fourth-order valence-electron chi connectivity index (χ4n) is 3.34. The summed E-state index contributed by atoms with van der Waals surface area (Å²) in [5.74, 6) is 0.0378. The second kappa shape index (κ2) is 9.02. The van der Waals surface area contributed by atoms with Crippen molar-refractivity contribution < 1.29 is 14.3 Å². The number of ether oxygens (including phenoxy) is 1. The third-order valence-corrected chi connectivity index (χ3v) is 5.18. The van der Waals surface area contributed by atoms with Crippen molar-refractivity contribution in [2.45, 2.75) is 13.0 Å². The summed E-state index contributed by atoms with van der Waals surface area (Å²) in [6.45, 7) is 1.67. The maximum atomic E-state index is 13.0. The molecule has 4 aromatic rings. The number of hydrogen-bond acceptors (Lipinski definition) is 3. The molecular weight excluding hydrogens is 410 g/mol. The van der Waals surface area contributed by atoms with Gasteiger partial charge >= 0.3 is 0 Å². The first-order chi connectivity index (χ1) is 15.0. The summed E-state index contributed by atoms with van der Waals surface area (Å²) in [4.78, 5) is 25.8. The number of nitrogens with one attached hydrogen (secondary N) is 1. The first-order valence-corrected chi connectivity index (χ1v) is 10.3. The quantitative estimate of drug-likeness (QED) is 0.375. The third kappa shape index (κ3) is 4.60. The summed E-state index contributed by atoms with van der Waals surface area (Å²) >= 11 is 6.12. The van der Waals surface area contributed by atoms with E-state index in [-0.39, 0.29) is 11.7 Å². The molecule has 0 fully saturated rings. The number of benzene rings is 4. The van der Waals surface area contributed by atoms with Gasteiger partial charge in [-0.15, -0.1) is 0 Å². The molecule has 4 nitrogen and oxygen atoms in total. The Morgan fingerprint density at radius 2 is 1.58 bits per heavy atom. The summed E-state index contributed by atoms with van der Waals surface area (Å²) in [6.07, 6.45) is -0.777. The maximum absolute atomic E-state index is 13.0. The Morgan fingerprint density at radius 3 is 2.39 bits per heavy atom. The number of amides is 1. The first kappa shape index (κ1) is 20.6. The smallest absolute Gasteiger partial charge is 0.265 e. The average Bonchev–Trinajstić information content (AvgIpc) is 2.80. The van der Waals surface area contributed by atoms with E-state index in [0.717, 1.165) is 10.8 Å². The fraction of sp³-hybridized carbons (Fsp3) is 0.0769. The Kier molecular flexibility index (Phi) is 6.01. The summed E-state index contributed by atoms with van der Waals surface area (Å²) in [5.41, 5.74) is 1.22. The molecule has 0 unspecified atom stereocenters. The SMILES string of the molecule is C[C@H](Oc1cccc2ccccc12)C(=O)Nc1ccc(Cl)cc1C(=O)c1ccccc1. The highest BCUT2D eigenvalue weighted by molar-refractivity contribution is 6.31. The van der Waals surface area contributed by atoms with Crippen LogP contribution in [0.1, 0.15) is 22.8 Å². The summed E-state index contributed by atoms with van der Waals surface area (Å²) in [7, 11) is 0. The fourth-order valence-corrected chi connectivity index (χ4v) is 3.51. The zero-order valence-electron chi connectivity index (χ0n) is 16.8. The standard InChI is InChI=1S/C26H20ClNO3/c1-17(31-24-13-7-11-18-8-5-6-12-21(18)24)26(30)28-23-15-14-20(27)16-22(23)25(29)19-9-3-2-4-10-19/h2-17H,1H3,(H,28,30)/t17-/m0/s1. The zero-order valence-corrected chi connectivity index (χ0v) is 17.6. The van der Waals surface area contributed by atoms with Crippen LogP contribution in [0.2, 0.25) is 5.02 Å². The highest BCUT2D eigenvalue weighted by Gasteiger charge is 2.20. The molecule has 0 heterocycles. The molecule has 0 saturated heterocycles. The molecule has 1 atom stereocenters. The minimum Gasteiger partial charge on any atom is -0.480 e. The summed E-state index contributed by atoms with van der Waals surface area (Å²) in [6, 6.07) is 27.2. The molecule has 0 bridgehead atoms. The molecule has 0 aliphatic carbocycles. The molecule has 154 valence electrons. The van der Waals surface area contributed by atoms with E-state index >= 15 is 0 Å². The number of ketones is 1. The van der Waals surface area contributed by atoms with Gasteiger partial charge in [-0.2, -0.15) is 0 Å². The Hall–Kier alpha value is -3.63. The number of hydrogen-bond donors (Lipinski definition) is 1. The van der Waals surface area contributed by atoms with Crippen molar-refractivity contribution >= 4 is 39.8 Å². The van der Waals surface area contributed by atoms with Crippen molar-refractivity contribution in [2.24, 2.45) is 0 Å². The topological polar surface area (TPSA) is 55.4 Å². The van der Waals surface area contributed by atoms with Gasteiger partial charge in [0.1, 0.15) is 5.75 Å². The monoisotopic (exact) mass is 429 g/mol. The number of carbonyl (C=O) groups is 2. The van der Waals surface area contributed by atoms with E-state index in [1.165, 1.54) is 0 Å². The number of anilines is 1. The largest absolute Gasteiger partial charge is 0.480 e. The molecule has 0 aliphatic heterocycles. The van der Waals surface area contributed by atoms with E-state index in [9.17, 15) is 9.59 Å². The van der Waals surface area contributed by atoms with Crippen LogP contribution in [0.5, 0.6) is 5.75 Å². The Labute approximate surface area is 185 Å². The van der Waals surface area contributed by atoms with E-state index in [1.54, 1.807) is 49.4 Å². The predicted octanol–water partition coefficient (Wildman–Crippen LogP) is 6.13. The van der Waals surface area contributed by atoms with Crippen LogP contribution in [0.25, 0.3) is 10.8 Å². The lowest BCUT2D eigenvalue weighted by Gasteiger charge is -2.17. The van der Waals surface area contributed by atoms with Crippen LogP contribution in [0.4, 0.5) is 5.69 Å². The van der Waals surface area contributed by atoms with Crippen LogP contribution in [-0.4, -0.2) is 17.8 Å². The van der Waals surface area contributed by atoms with E-state index in [1.807, 2.05) is 48.5 Å². The van der Waals surface area contributed by atoms with Gasteiger partial charge in [-0.3, -0.25) is 9.59 Å². The van der Waals surface area contributed by atoms with E-state index in [4.69, 9.17) is 16.3 Å². The molecule has 1 N–H and O–H groups in total. The first-order valence-electron chi connectivity index (χ1n) is 9.87. The lowest BCUT2D eigenvalue weighted by Crippen LogP contribution is -2.30. The van der Waals surface area contributed by atoms with Crippen LogP contribution >= 0.6 is 11.6 Å². The molecule has 0 radical (unpaired) electrons. The van der Waals surface area contributed by atoms with Gasteiger partial charge in [0.2, 0.25) is 0 Å². The molecular formula is C26H20ClNO3. The van der Waals surface area contributed by atoms with Crippen LogP contribution < -0.4 is 10.1 Å². The second-order valence-electron chi connectivity index (χ2n) is 7.11. The van der Waals surface area contributed by atoms with Crippen LogP contribution in [0.3, 0.4) is 0 Å². The number of fused-ring (bicyclic) bond motifs is 1. The number of halogens is 1. The second-order valence-corrected chi connectivity index (χ2v) is 7.55.